The van der Waals surface area contributed by atoms with E-state index in [0.717, 1.165) is 12.0 Å². The highest BCUT2D eigenvalue weighted by Crippen LogP contribution is 2.37. The molecule has 0 unspecified atom stereocenters. The second-order valence-electron chi connectivity index (χ2n) is 5.06. The summed E-state index contributed by atoms with van der Waals surface area (Å²) in [6.45, 7) is 2.46. The molecular formula is C15H19NO4. The first-order chi connectivity index (χ1) is 9.56. The van der Waals surface area contributed by atoms with Crippen LogP contribution in [0.5, 0.6) is 5.75 Å². The van der Waals surface area contributed by atoms with E-state index in [1.54, 1.807) is 12.1 Å². The first-order valence-corrected chi connectivity index (χ1v) is 6.59. The van der Waals surface area contributed by atoms with E-state index in [4.69, 9.17) is 9.47 Å². The van der Waals surface area contributed by atoms with Gasteiger partial charge >= 0.3 is 5.97 Å². The van der Waals surface area contributed by atoms with Crippen molar-refractivity contribution in [2.75, 3.05) is 14.2 Å². The van der Waals surface area contributed by atoms with Gasteiger partial charge < -0.3 is 14.8 Å². The Kier molecular flexibility index (Phi) is 4.27. The van der Waals surface area contributed by atoms with Gasteiger partial charge in [0.15, 0.2) is 0 Å². The summed E-state index contributed by atoms with van der Waals surface area (Å²) < 4.78 is 9.84. The van der Waals surface area contributed by atoms with Gasteiger partial charge in [-0.25, -0.2) is 4.79 Å². The molecule has 1 aromatic rings. The Morgan fingerprint density at radius 3 is 2.60 bits per heavy atom. The van der Waals surface area contributed by atoms with Crippen LogP contribution in [-0.2, 0) is 16.1 Å². The molecule has 20 heavy (non-hydrogen) atoms. The van der Waals surface area contributed by atoms with Gasteiger partial charge in [0.1, 0.15) is 11.3 Å². The quantitative estimate of drug-likeness (QED) is 0.833. The minimum atomic E-state index is -0.453. The molecule has 1 saturated carbocycles. The summed E-state index contributed by atoms with van der Waals surface area (Å²) in [5, 5.41) is 2.88. The van der Waals surface area contributed by atoms with Crippen LogP contribution in [0.2, 0.25) is 0 Å². The lowest BCUT2D eigenvalue weighted by Crippen LogP contribution is -2.25. The number of amides is 1. The third kappa shape index (κ3) is 3.10. The fraction of sp³-hybridized carbons (Fsp3) is 0.467. The molecule has 1 aromatic carbocycles. The molecule has 0 spiro atoms. The topological polar surface area (TPSA) is 64.6 Å². The Bertz CT molecular complexity index is 527. The normalized spacial score (nSPS) is 20.1. The monoisotopic (exact) mass is 277 g/mol. The maximum atomic E-state index is 11.8. The summed E-state index contributed by atoms with van der Waals surface area (Å²) >= 11 is 0. The molecule has 0 bridgehead atoms. The zero-order chi connectivity index (χ0) is 14.7. The first kappa shape index (κ1) is 14.4. The number of ether oxygens (including phenoxy) is 2. The van der Waals surface area contributed by atoms with E-state index >= 15 is 0 Å². The molecule has 5 heteroatoms. The highest BCUT2D eigenvalue weighted by Gasteiger charge is 2.38. The van der Waals surface area contributed by atoms with Gasteiger partial charge in [-0.3, -0.25) is 4.79 Å². The van der Waals surface area contributed by atoms with Crippen molar-refractivity contribution in [3.05, 3.63) is 29.3 Å². The molecule has 1 aliphatic rings. The third-order valence-electron chi connectivity index (χ3n) is 3.58. The molecule has 1 N–H and O–H groups in total. The Morgan fingerprint density at radius 1 is 1.35 bits per heavy atom. The number of nitrogens with one attached hydrogen (secondary N) is 1. The molecule has 0 radical (unpaired) electrons. The molecule has 1 aliphatic carbocycles. The molecule has 2 atom stereocenters. The summed E-state index contributed by atoms with van der Waals surface area (Å²) in [6, 6.07) is 5.21. The van der Waals surface area contributed by atoms with Crippen LogP contribution < -0.4 is 10.1 Å². The molecule has 1 amide bonds. The van der Waals surface area contributed by atoms with E-state index in [9.17, 15) is 9.59 Å². The lowest BCUT2D eigenvalue weighted by molar-refractivity contribution is -0.122. The van der Waals surface area contributed by atoms with E-state index in [1.165, 1.54) is 14.2 Å². The van der Waals surface area contributed by atoms with Gasteiger partial charge in [-0.15, -0.1) is 0 Å². The lowest BCUT2D eigenvalue weighted by atomic mass is 10.1. The van der Waals surface area contributed by atoms with Crippen molar-refractivity contribution in [2.24, 2.45) is 11.8 Å². The molecule has 0 aliphatic heterocycles. The van der Waals surface area contributed by atoms with Crippen LogP contribution in [0.25, 0.3) is 0 Å². The third-order valence-corrected chi connectivity index (χ3v) is 3.58. The molecular weight excluding hydrogens is 258 g/mol. The second kappa shape index (κ2) is 5.94. The fourth-order valence-corrected chi connectivity index (χ4v) is 2.14. The largest absolute Gasteiger partial charge is 0.496 e. The molecule has 5 nitrogen and oxygen atoms in total. The van der Waals surface area contributed by atoms with E-state index in [2.05, 4.69) is 12.2 Å². The average molecular weight is 277 g/mol. The number of esters is 1. The van der Waals surface area contributed by atoms with Gasteiger partial charge in [0.25, 0.3) is 0 Å². The van der Waals surface area contributed by atoms with E-state index < -0.39 is 5.97 Å². The van der Waals surface area contributed by atoms with Crippen molar-refractivity contribution in [2.45, 2.75) is 19.9 Å². The average Bonchev–Trinajstić information content (AvgIpc) is 3.20. The maximum Gasteiger partial charge on any atom is 0.341 e. The molecule has 1 fully saturated rings. The van der Waals surface area contributed by atoms with Crippen LogP contribution in [0.4, 0.5) is 0 Å². The van der Waals surface area contributed by atoms with Crippen LogP contribution in [0.3, 0.4) is 0 Å². The Morgan fingerprint density at radius 2 is 2.05 bits per heavy atom. The van der Waals surface area contributed by atoms with Crippen LogP contribution in [0, 0.1) is 11.8 Å². The van der Waals surface area contributed by atoms with E-state index in [0.29, 0.717) is 23.8 Å². The molecule has 0 aromatic heterocycles. The summed E-state index contributed by atoms with van der Waals surface area (Å²) in [4.78, 5) is 23.4. The zero-order valence-corrected chi connectivity index (χ0v) is 11.9. The zero-order valence-electron chi connectivity index (χ0n) is 11.9. The van der Waals surface area contributed by atoms with Crippen molar-refractivity contribution in [3.8, 4) is 5.75 Å². The minimum Gasteiger partial charge on any atom is -0.496 e. The van der Waals surface area contributed by atoms with Crippen LogP contribution >= 0.6 is 0 Å². The summed E-state index contributed by atoms with van der Waals surface area (Å²) in [5.74, 6) is 0.714. The summed E-state index contributed by atoms with van der Waals surface area (Å²) in [7, 11) is 2.82. The van der Waals surface area contributed by atoms with Gasteiger partial charge in [-0.1, -0.05) is 13.0 Å². The highest BCUT2D eigenvalue weighted by molar-refractivity contribution is 5.92. The van der Waals surface area contributed by atoms with E-state index in [-0.39, 0.29) is 11.8 Å². The van der Waals surface area contributed by atoms with Crippen molar-refractivity contribution >= 4 is 11.9 Å². The molecule has 0 heterocycles. The number of methoxy groups -OCH3 is 2. The molecule has 0 saturated heterocycles. The van der Waals surface area contributed by atoms with Gasteiger partial charge in [0, 0.05) is 12.5 Å². The highest BCUT2D eigenvalue weighted by atomic mass is 16.5. The number of carbonyl (C=O) groups excluding carboxylic acids is 2. The Labute approximate surface area is 118 Å². The van der Waals surface area contributed by atoms with Gasteiger partial charge in [-0.2, -0.15) is 0 Å². The standard InChI is InChI=1S/C15H19NO4/c1-9-6-11(9)14(17)16-8-10-4-5-13(19-2)12(7-10)15(18)20-3/h4-5,7,9,11H,6,8H2,1-3H3,(H,16,17)/t9-,11+/m1/s1. The van der Waals surface area contributed by atoms with Gasteiger partial charge in [-0.05, 0) is 30.0 Å². The number of benzene rings is 1. The Balaban J connectivity index is 2.04. The number of rotatable bonds is 5. The molecule has 2 rings (SSSR count). The van der Waals surface area contributed by atoms with Gasteiger partial charge in [0.05, 0.1) is 14.2 Å². The predicted molar refractivity (Wildman–Crippen MR) is 73.5 cm³/mol. The summed E-state index contributed by atoms with van der Waals surface area (Å²) in [6.07, 6.45) is 0.960. The predicted octanol–water partition coefficient (Wildman–Crippen LogP) is 1.75. The lowest BCUT2D eigenvalue weighted by Gasteiger charge is -2.10. The van der Waals surface area contributed by atoms with Crippen LogP contribution in [0.1, 0.15) is 29.3 Å². The molecule has 108 valence electrons. The number of carbonyl (C=O) groups is 2. The Hall–Kier alpha value is -2.04. The first-order valence-electron chi connectivity index (χ1n) is 6.59. The minimum absolute atomic E-state index is 0.0768. The van der Waals surface area contributed by atoms with Crippen molar-refractivity contribution in [1.29, 1.82) is 0 Å². The number of hydrogen-bond donors (Lipinski definition) is 1. The fourth-order valence-electron chi connectivity index (χ4n) is 2.14. The number of hydrogen-bond acceptors (Lipinski definition) is 4. The second-order valence-corrected chi connectivity index (χ2v) is 5.06. The van der Waals surface area contributed by atoms with E-state index in [1.807, 2.05) is 6.07 Å². The van der Waals surface area contributed by atoms with Crippen molar-refractivity contribution < 1.29 is 19.1 Å². The van der Waals surface area contributed by atoms with Crippen molar-refractivity contribution in [1.82, 2.24) is 5.32 Å². The maximum absolute atomic E-state index is 11.8. The van der Waals surface area contributed by atoms with Crippen molar-refractivity contribution in [3.63, 3.8) is 0 Å². The summed E-state index contributed by atoms with van der Waals surface area (Å²) in [5.41, 5.74) is 1.20. The van der Waals surface area contributed by atoms with Crippen LogP contribution in [-0.4, -0.2) is 26.1 Å². The van der Waals surface area contributed by atoms with Crippen LogP contribution in [0.15, 0.2) is 18.2 Å². The SMILES string of the molecule is COC(=O)c1cc(CNC(=O)[C@H]2C[C@H]2C)ccc1OC. The smallest absolute Gasteiger partial charge is 0.341 e. The van der Waals surface area contributed by atoms with Gasteiger partial charge in [0.2, 0.25) is 5.91 Å².